The molecule has 1 fully saturated rings. The van der Waals surface area contributed by atoms with Crippen LogP contribution in [0, 0.1) is 5.92 Å². The van der Waals surface area contributed by atoms with Gasteiger partial charge in [-0.3, -0.25) is 0 Å². The fraction of sp³-hybridized carbons (Fsp3) is 0.941. The van der Waals surface area contributed by atoms with Crippen LogP contribution in [0.4, 0.5) is 4.79 Å². The summed E-state index contributed by atoms with van der Waals surface area (Å²) in [6.07, 6.45) is 3.40. The average molecular weight is 363 g/mol. The van der Waals surface area contributed by atoms with Crippen molar-refractivity contribution in [3.05, 3.63) is 0 Å². The van der Waals surface area contributed by atoms with Gasteiger partial charge in [0, 0.05) is 19.6 Å². The average Bonchev–Trinajstić information content (AvgIpc) is 2.35. The number of carbonyl (C=O) groups is 1. The number of hydrogen-bond donors (Lipinski definition) is 1. The van der Waals surface area contributed by atoms with Crippen LogP contribution in [0.1, 0.15) is 66.7 Å². The van der Waals surface area contributed by atoms with Gasteiger partial charge in [-0.25, -0.2) is 17.5 Å². The van der Waals surface area contributed by atoms with Crippen LogP contribution < -0.4 is 5.32 Å². The van der Waals surface area contributed by atoms with Gasteiger partial charge in [0.25, 0.3) is 0 Å². The summed E-state index contributed by atoms with van der Waals surface area (Å²) in [5.41, 5.74) is -0.890. The van der Waals surface area contributed by atoms with E-state index < -0.39 is 21.7 Å². The molecule has 7 heteroatoms. The molecule has 1 rings (SSSR count). The lowest BCUT2D eigenvalue weighted by molar-refractivity contribution is 0.0133. The minimum atomic E-state index is -3.17. The highest BCUT2D eigenvalue weighted by atomic mass is 32.2. The molecule has 0 atom stereocenters. The minimum absolute atomic E-state index is 0.281. The second kappa shape index (κ2) is 7.60. The van der Waals surface area contributed by atoms with Crippen molar-refractivity contribution in [2.75, 3.05) is 14.1 Å². The van der Waals surface area contributed by atoms with Crippen LogP contribution in [-0.2, 0) is 14.8 Å². The Balaban J connectivity index is 2.52. The van der Waals surface area contributed by atoms with E-state index in [1.54, 1.807) is 14.1 Å². The molecular formula is C17H34N2O4S. The van der Waals surface area contributed by atoms with Crippen molar-refractivity contribution in [3.8, 4) is 0 Å². The molecule has 0 aliphatic heterocycles. The van der Waals surface area contributed by atoms with Gasteiger partial charge in [-0.05, 0) is 72.6 Å². The highest BCUT2D eigenvalue weighted by molar-refractivity contribution is 7.89. The Hall–Kier alpha value is -0.820. The van der Waals surface area contributed by atoms with E-state index in [0.717, 1.165) is 19.3 Å². The first-order chi connectivity index (χ1) is 10.7. The third kappa shape index (κ3) is 6.59. The predicted octanol–water partition coefficient (Wildman–Crippen LogP) is 3.13. The maximum absolute atomic E-state index is 12.2. The van der Waals surface area contributed by atoms with E-state index in [-0.39, 0.29) is 10.8 Å². The zero-order valence-electron chi connectivity index (χ0n) is 16.2. The lowest BCUT2D eigenvalue weighted by Gasteiger charge is -2.35. The minimum Gasteiger partial charge on any atom is -0.444 e. The third-order valence-corrected chi connectivity index (χ3v) is 6.68. The molecule has 0 radical (unpaired) electrons. The zero-order valence-corrected chi connectivity index (χ0v) is 17.0. The number of carbonyl (C=O) groups excluding carboxylic acids is 1. The molecule has 1 saturated carbocycles. The van der Waals surface area contributed by atoms with Crippen molar-refractivity contribution in [1.82, 2.24) is 9.62 Å². The van der Waals surface area contributed by atoms with Gasteiger partial charge in [0.15, 0.2) is 0 Å². The number of amides is 1. The topological polar surface area (TPSA) is 75.7 Å². The van der Waals surface area contributed by atoms with Gasteiger partial charge in [-0.15, -0.1) is 0 Å². The lowest BCUT2D eigenvalue weighted by Crippen LogP contribution is -2.45. The molecule has 1 aliphatic rings. The number of nitrogens with zero attached hydrogens (tertiary/aromatic N) is 1. The van der Waals surface area contributed by atoms with Crippen molar-refractivity contribution in [3.63, 3.8) is 0 Å². The van der Waals surface area contributed by atoms with Gasteiger partial charge in [-0.1, -0.05) is 0 Å². The molecule has 1 aliphatic carbocycles. The Morgan fingerprint density at radius 2 is 1.58 bits per heavy atom. The van der Waals surface area contributed by atoms with Crippen LogP contribution in [0.3, 0.4) is 0 Å². The van der Waals surface area contributed by atoms with Crippen LogP contribution in [0.2, 0.25) is 0 Å². The number of hydrogen-bond acceptors (Lipinski definition) is 4. The molecule has 0 spiro atoms. The molecule has 1 N–H and O–H groups in total. The summed E-state index contributed by atoms with van der Waals surface area (Å²) in [7, 11) is 0.0106. The molecule has 142 valence electrons. The van der Waals surface area contributed by atoms with E-state index in [2.05, 4.69) is 5.32 Å². The van der Waals surface area contributed by atoms with E-state index >= 15 is 0 Å². The van der Waals surface area contributed by atoms with Crippen molar-refractivity contribution in [2.24, 2.45) is 5.92 Å². The Morgan fingerprint density at radius 1 is 1.08 bits per heavy atom. The first-order valence-corrected chi connectivity index (χ1v) is 10.2. The first kappa shape index (κ1) is 21.2. The van der Waals surface area contributed by atoms with Crippen LogP contribution in [0.25, 0.3) is 0 Å². The molecule has 0 aromatic heterocycles. The predicted molar refractivity (Wildman–Crippen MR) is 96.4 cm³/mol. The van der Waals surface area contributed by atoms with Gasteiger partial charge in [0.2, 0.25) is 10.0 Å². The van der Waals surface area contributed by atoms with Crippen LogP contribution in [0.15, 0.2) is 0 Å². The standard InChI is InChI=1S/C17H34N2O4S/c1-16(2,3)18-15(20)23-17(4,5)12-13-8-10-14(11-9-13)24(21,22)19(6)7/h13-14H,8-12H2,1-7H3,(H,18,20). The Bertz CT molecular complexity index is 527. The van der Waals surface area contributed by atoms with Crippen molar-refractivity contribution < 1.29 is 17.9 Å². The first-order valence-electron chi connectivity index (χ1n) is 8.65. The fourth-order valence-electron chi connectivity index (χ4n) is 3.25. The third-order valence-electron chi connectivity index (χ3n) is 4.35. The Kier molecular flexibility index (Phi) is 6.72. The summed E-state index contributed by atoms with van der Waals surface area (Å²) in [5, 5.41) is 2.53. The smallest absolute Gasteiger partial charge is 0.408 e. The maximum atomic E-state index is 12.2. The molecule has 1 amide bonds. The second-order valence-electron chi connectivity index (χ2n) is 8.70. The van der Waals surface area contributed by atoms with Crippen molar-refractivity contribution in [2.45, 2.75) is 83.1 Å². The Labute approximate surface area is 147 Å². The summed E-state index contributed by atoms with van der Waals surface area (Å²) >= 11 is 0. The summed E-state index contributed by atoms with van der Waals surface area (Å²) < 4.78 is 31.3. The fourth-order valence-corrected chi connectivity index (χ4v) is 4.72. The molecule has 24 heavy (non-hydrogen) atoms. The van der Waals surface area contributed by atoms with Gasteiger partial charge in [0.05, 0.1) is 5.25 Å². The summed E-state index contributed by atoms with van der Waals surface area (Å²) in [6.45, 7) is 9.56. The van der Waals surface area contributed by atoms with Crippen LogP contribution in [0.5, 0.6) is 0 Å². The van der Waals surface area contributed by atoms with Crippen molar-refractivity contribution in [1.29, 1.82) is 0 Å². The largest absolute Gasteiger partial charge is 0.444 e. The normalized spacial score (nSPS) is 23.2. The highest BCUT2D eigenvalue weighted by Crippen LogP contribution is 2.35. The molecule has 0 saturated heterocycles. The quantitative estimate of drug-likeness (QED) is 0.815. The molecule has 0 aromatic rings. The van der Waals surface area contributed by atoms with Crippen LogP contribution in [-0.4, -0.2) is 49.3 Å². The highest BCUT2D eigenvalue weighted by Gasteiger charge is 2.35. The number of alkyl carbamates (subject to hydrolysis) is 1. The summed E-state index contributed by atoms with van der Waals surface area (Å²) in [4.78, 5) is 12.0. The maximum Gasteiger partial charge on any atom is 0.408 e. The summed E-state index contributed by atoms with van der Waals surface area (Å²) in [5.74, 6) is 0.385. The van der Waals surface area contributed by atoms with Gasteiger partial charge in [-0.2, -0.15) is 0 Å². The summed E-state index contributed by atoms with van der Waals surface area (Å²) in [6, 6.07) is 0. The number of nitrogens with one attached hydrogen (secondary N) is 1. The van der Waals surface area contributed by atoms with E-state index in [1.807, 2.05) is 34.6 Å². The number of rotatable bonds is 5. The molecular weight excluding hydrogens is 328 g/mol. The SMILES string of the molecule is CN(C)S(=O)(=O)C1CCC(CC(C)(C)OC(=O)NC(C)(C)C)CC1. The van der Waals surface area contributed by atoms with E-state index in [4.69, 9.17) is 4.74 Å². The molecule has 6 nitrogen and oxygen atoms in total. The van der Waals surface area contributed by atoms with E-state index in [9.17, 15) is 13.2 Å². The van der Waals surface area contributed by atoms with Crippen molar-refractivity contribution >= 4 is 16.1 Å². The van der Waals surface area contributed by atoms with Gasteiger partial charge < -0.3 is 10.1 Å². The molecule has 0 heterocycles. The molecule has 0 bridgehead atoms. The molecule has 0 aromatic carbocycles. The van der Waals surface area contributed by atoms with Gasteiger partial charge in [0.1, 0.15) is 5.60 Å². The zero-order chi connectivity index (χ0) is 18.8. The number of sulfonamides is 1. The Morgan fingerprint density at radius 3 is 2.00 bits per heavy atom. The number of ether oxygens (including phenoxy) is 1. The van der Waals surface area contributed by atoms with E-state index in [1.165, 1.54) is 4.31 Å². The molecule has 0 unspecified atom stereocenters. The van der Waals surface area contributed by atoms with Crippen LogP contribution >= 0.6 is 0 Å². The lowest BCUT2D eigenvalue weighted by atomic mass is 9.82. The van der Waals surface area contributed by atoms with E-state index in [0.29, 0.717) is 18.8 Å². The monoisotopic (exact) mass is 362 g/mol. The second-order valence-corrected chi connectivity index (χ2v) is 11.1. The van der Waals surface area contributed by atoms with Gasteiger partial charge >= 0.3 is 6.09 Å².